The van der Waals surface area contributed by atoms with Crippen LogP contribution in [0.15, 0.2) is 36.4 Å². The molecule has 198 valence electrons. The molecule has 3 aromatic rings. The summed E-state index contributed by atoms with van der Waals surface area (Å²) in [6, 6.07) is 9.27. The maximum absolute atomic E-state index is 13.2. The molecule has 1 fully saturated rings. The van der Waals surface area contributed by atoms with Crippen LogP contribution in [0.1, 0.15) is 71.8 Å². The number of carbonyl (C=O) groups is 2. The zero-order valence-electron chi connectivity index (χ0n) is 22.0. The van der Waals surface area contributed by atoms with Gasteiger partial charge in [0, 0.05) is 36.2 Å². The lowest BCUT2D eigenvalue weighted by molar-refractivity contribution is -0.127. The molecule has 9 nitrogen and oxygen atoms in total. The van der Waals surface area contributed by atoms with E-state index in [4.69, 9.17) is 14.5 Å². The lowest BCUT2D eigenvalue weighted by atomic mass is 9.89. The third-order valence-electron chi connectivity index (χ3n) is 6.60. The van der Waals surface area contributed by atoms with Gasteiger partial charge in [-0.05, 0) is 55.7 Å². The van der Waals surface area contributed by atoms with E-state index in [1.165, 1.54) is 11.3 Å². The average molecular weight is 534 g/mol. The van der Waals surface area contributed by atoms with Crippen LogP contribution in [0.25, 0.3) is 6.08 Å². The standard InChI is InChI=1S/C28H31N5O4S/c1-17-5-8-20(25(35)30-27-32-31-26(38-27)28(2,3)4)24(29-17)19-11-13-33(14-12-19)23(34)10-7-18-6-9-21-22(15-18)37-16-36-21/h5-10,15,19H,11-14,16H2,1-4H3,(H,30,32,35). The maximum Gasteiger partial charge on any atom is 0.259 e. The summed E-state index contributed by atoms with van der Waals surface area (Å²) in [4.78, 5) is 32.6. The number of piperidine rings is 1. The minimum atomic E-state index is -0.241. The fourth-order valence-corrected chi connectivity index (χ4v) is 5.28. The molecule has 0 atom stereocenters. The summed E-state index contributed by atoms with van der Waals surface area (Å²) in [7, 11) is 0. The van der Waals surface area contributed by atoms with Gasteiger partial charge in [-0.15, -0.1) is 10.2 Å². The van der Waals surface area contributed by atoms with Crippen LogP contribution in [0.5, 0.6) is 11.5 Å². The second-order valence-electron chi connectivity index (χ2n) is 10.5. The van der Waals surface area contributed by atoms with Crippen LogP contribution in [0, 0.1) is 6.92 Å². The van der Waals surface area contributed by atoms with Gasteiger partial charge in [0.05, 0.1) is 11.3 Å². The Hall–Kier alpha value is -3.79. The smallest absolute Gasteiger partial charge is 0.259 e. The van der Waals surface area contributed by atoms with E-state index in [2.05, 4.69) is 36.3 Å². The molecule has 0 bridgehead atoms. The van der Waals surface area contributed by atoms with Crippen molar-refractivity contribution in [2.75, 3.05) is 25.2 Å². The Labute approximate surface area is 225 Å². The molecule has 2 amide bonds. The molecule has 0 unspecified atom stereocenters. The highest BCUT2D eigenvalue weighted by Crippen LogP contribution is 2.34. The molecule has 1 aromatic carbocycles. The zero-order chi connectivity index (χ0) is 26.9. The first-order chi connectivity index (χ1) is 18.2. The van der Waals surface area contributed by atoms with E-state index in [-0.39, 0.29) is 29.9 Å². The van der Waals surface area contributed by atoms with Crippen molar-refractivity contribution in [3.8, 4) is 11.5 Å². The predicted molar refractivity (Wildman–Crippen MR) is 146 cm³/mol. The quantitative estimate of drug-likeness (QED) is 0.463. The van der Waals surface area contributed by atoms with Crippen molar-refractivity contribution >= 4 is 34.4 Å². The Morgan fingerprint density at radius 1 is 1.08 bits per heavy atom. The summed E-state index contributed by atoms with van der Waals surface area (Å²) < 4.78 is 10.7. The second kappa shape index (κ2) is 10.5. The van der Waals surface area contributed by atoms with Crippen molar-refractivity contribution in [3.63, 3.8) is 0 Å². The Morgan fingerprint density at radius 2 is 1.84 bits per heavy atom. The Kier molecular flexibility index (Phi) is 7.16. The van der Waals surface area contributed by atoms with Crippen LogP contribution in [0.4, 0.5) is 5.13 Å². The molecule has 2 aliphatic heterocycles. The summed E-state index contributed by atoms with van der Waals surface area (Å²) in [5, 5.41) is 12.6. The highest BCUT2D eigenvalue weighted by molar-refractivity contribution is 7.15. The van der Waals surface area contributed by atoms with E-state index in [0.717, 1.165) is 34.8 Å². The van der Waals surface area contributed by atoms with Crippen molar-refractivity contribution in [1.29, 1.82) is 0 Å². The van der Waals surface area contributed by atoms with Crippen molar-refractivity contribution in [2.24, 2.45) is 0 Å². The molecule has 1 saturated heterocycles. The minimum absolute atomic E-state index is 0.0396. The molecular weight excluding hydrogens is 502 g/mol. The van der Waals surface area contributed by atoms with E-state index in [1.807, 2.05) is 42.2 Å². The molecule has 0 saturated carbocycles. The molecule has 2 aromatic heterocycles. The number of amides is 2. The largest absolute Gasteiger partial charge is 0.454 e. The number of pyridine rings is 1. The number of ether oxygens (including phenoxy) is 2. The number of carbonyl (C=O) groups excluding carboxylic acids is 2. The Balaban J connectivity index is 1.23. The number of likely N-dealkylation sites (tertiary alicyclic amines) is 1. The van der Waals surface area contributed by atoms with Gasteiger partial charge in [-0.2, -0.15) is 0 Å². The number of aromatic nitrogens is 3. The lowest BCUT2D eigenvalue weighted by Crippen LogP contribution is -2.37. The van der Waals surface area contributed by atoms with E-state index >= 15 is 0 Å². The average Bonchev–Trinajstić information content (AvgIpc) is 3.56. The maximum atomic E-state index is 13.2. The lowest BCUT2D eigenvalue weighted by Gasteiger charge is -2.31. The molecule has 38 heavy (non-hydrogen) atoms. The molecule has 2 aliphatic rings. The normalized spacial score (nSPS) is 15.7. The van der Waals surface area contributed by atoms with Crippen LogP contribution in [-0.2, 0) is 10.2 Å². The van der Waals surface area contributed by atoms with Gasteiger partial charge in [-0.3, -0.25) is 19.9 Å². The summed E-state index contributed by atoms with van der Waals surface area (Å²) in [6.07, 6.45) is 4.84. The fourth-order valence-electron chi connectivity index (χ4n) is 4.48. The number of nitrogens with zero attached hydrogens (tertiary/aromatic N) is 4. The molecule has 0 radical (unpaired) electrons. The van der Waals surface area contributed by atoms with Crippen LogP contribution in [0.3, 0.4) is 0 Å². The van der Waals surface area contributed by atoms with Gasteiger partial charge >= 0.3 is 0 Å². The third-order valence-corrected chi connectivity index (χ3v) is 7.87. The van der Waals surface area contributed by atoms with Crippen molar-refractivity contribution in [2.45, 2.75) is 51.9 Å². The second-order valence-corrected chi connectivity index (χ2v) is 11.5. The van der Waals surface area contributed by atoms with Crippen molar-refractivity contribution in [3.05, 3.63) is 63.9 Å². The number of benzene rings is 1. The number of nitrogens with one attached hydrogen (secondary N) is 1. The van der Waals surface area contributed by atoms with E-state index in [1.54, 1.807) is 12.2 Å². The number of anilines is 1. The fraction of sp³-hybridized carbons (Fsp3) is 0.393. The topological polar surface area (TPSA) is 107 Å². The van der Waals surface area contributed by atoms with Gasteiger partial charge in [0.1, 0.15) is 5.01 Å². The van der Waals surface area contributed by atoms with Gasteiger partial charge in [0.2, 0.25) is 17.8 Å². The van der Waals surface area contributed by atoms with E-state index in [0.29, 0.717) is 35.3 Å². The first-order valence-corrected chi connectivity index (χ1v) is 13.5. The molecule has 1 N–H and O–H groups in total. The summed E-state index contributed by atoms with van der Waals surface area (Å²) in [5.74, 6) is 1.20. The molecule has 4 heterocycles. The molecular formula is C28H31N5O4S. The van der Waals surface area contributed by atoms with Crippen LogP contribution in [-0.4, -0.2) is 51.8 Å². The van der Waals surface area contributed by atoms with Gasteiger partial charge in [-0.1, -0.05) is 38.2 Å². The molecule has 10 heteroatoms. The van der Waals surface area contributed by atoms with Crippen LogP contribution in [0.2, 0.25) is 0 Å². The number of hydrogen-bond donors (Lipinski definition) is 1. The molecule has 0 spiro atoms. The van der Waals surface area contributed by atoms with E-state index in [9.17, 15) is 9.59 Å². The van der Waals surface area contributed by atoms with Crippen molar-refractivity contribution in [1.82, 2.24) is 20.1 Å². The molecule has 5 rings (SSSR count). The number of hydrogen-bond acceptors (Lipinski definition) is 8. The first-order valence-electron chi connectivity index (χ1n) is 12.7. The monoisotopic (exact) mass is 533 g/mol. The Morgan fingerprint density at radius 3 is 2.58 bits per heavy atom. The van der Waals surface area contributed by atoms with Gasteiger partial charge < -0.3 is 14.4 Å². The van der Waals surface area contributed by atoms with E-state index < -0.39 is 0 Å². The number of fused-ring (bicyclic) bond motifs is 1. The van der Waals surface area contributed by atoms with Gasteiger partial charge in [0.15, 0.2) is 11.5 Å². The van der Waals surface area contributed by atoms with Gasteiger partial charge in [0.25, 0.3) is 5.91 Å². The number of rotatable bonds is 5. The van der Waals surface area contributed by atoms with Crippen molar-refractivity contribution < 1.29 is 19.1 Å². The highest BCUT2D eigenvalue weighted by atomic mass is 32.1. The highest BCUT2D eigenvalue weighted by Gasteiger charge is 2.28. The Bertz CT molecular complexity index is 1390. The van der Waals surface area contributed by atoms with Crippen LogP contribution >= 0.6 is 11.3 Å². The molecule has 0 aliphatic carbocycles. The summed E-state index contributed by atoms with van der Waals surface area (Å²) in [5.41, 5.74) is 2.90. The first kappa shape index (κ1) is 25.8. The minimum Gasteiger partial charge on any atom is -0.454 e. The zero-order valence-corrected chi connectivity index (χ0v) is 22.8. The SMILES string of the molecule is Cc1ccc(C(=O)Nc2nnc(C(C)(C)C)s2)c(C2CCN(C(=O)C=Cc3ccc4c(c3)OCO4)CC2)n1. The van der Waals surface area contributed by atoms with Gasteiger partial charge in [-0.25, -0.2) is 0 Å². The predicted octanol–water partition coefficient (Wildman–Crippen LogP) is 4.94. The summed E-state index contributed by atoms with van der Waals surface area (Å²) >= 11 is 1.38. The number of aryl methyl sites for hydroxylation is 1. The third kappa shape index (κ3) is 5.70. The summed E-state index contributed by atoms with van der Waals surface area (Å²) in [6.45, 7) is 9.51. The van der Waals surface area contributed by atoms with Crippen LogP contribution < -0.4 is 14.8 Å².